The number of nitriles is 1. The third-order valence-electron chi connectivity index (χ3n) is 2.93. The number of rotatable bonds is 5. The van der Waals surface area contributed by atoms with Crippen molar-refractivity contribution in [1.82, 2.24) is 0 Å². The Bertz CT molecular complexity index is 852. The molecule has 7 heteroatoms. The number of hydrogen-bond acceptors (Lipinski definition) is 5. The molecule has 0 heterocycles. The molecule has 0 radical (unpaired) electrons. The van der Waals surface area contributed by atoms with E-state index in [0.717, 1.165) is 6.26 Å². The number of hydrogen-bond donors (Lipinski definition) is 1. The van der Waals surface area contributed by atoms with Crippen molar-refractivity contribution >= 4 is 21.4 Å². The Morgan fingerprint density at radius 1 is 1.17 bits per heavy atom. The number of nitrogens with one attached hydrogen (secondary N) is 1. The summed E-state index contributed by atoms with van der Waals surface area (Å²) in [5, 5.41) is 11.5. The van der Waals surface area contributed by atoms with E-state index < -0.39 is 15.7 Å². The van der Waals surface area contributed by atoms with Crippen molar-refractivity contribution in [2.75, 3.05) is 18.2 Å². The van der Waals surface area contributed by atoms with E-state index in [1.54, 1.807) is 24.3 Å². The summed E-state index contributed by atoms with van der Waals surface area (Å²) in [7, 11) is -3.27. The molecule has 1 N–H and O–H groups in total. The summed E-state index contributed by atoms with van der Waals surface area (Å²) in [4.78, 5) is 12.0. The lowest BCUT2D eigenvalue weighted by Crippen LogP contribution is -2.20. The average molecular weight is 330 g/mol. The van der Waals surface area contributed by atoms with Crippen LogP contribution in [0.5, 0.6) is 5.75 Å². The molecule has 2 aromatic rings. The fourth-order valence-corrected chi connectivity index (χ4v) is 2.44. The van der Waals surface area contributed by atoms with Gasteiger partial charge in [-0.05, 0) is 36.4 Å². The first-order valence-electron chi connectivity index (χ1n) is 6.62. The predicted octanol–water partition coefficient (Wildman–Crippen LogP) is 1.98. The zero-order valence-electron chi connectivity index (χ0n) is 12.3. The number of amides is 1. The zero-order valence-corrected chi connectivity index (χ0v) is 13.1. The Morgan fingerprint density at radius 3 is 2.43 bits per heavy atom. The van der Waals surface area contributed by atoms with E-state index in [9.17, 15) is 13.2 Å². The van der Waals surface area contributed by atoms with Gasteiger partial charge in [0.1, 0.15) is 11.8 Å². The Hall–Kier alpha value is -2.85. The van der Waals surface area contributed by atoms with Crippen LogP contribution in [0.15, 0.2) is 53.4 Å². The molecule has 0 aliphatic carbocycles. The zero-order chi connectivity index (χ0) is 16.9. The van der Waals surface area contributed by atoms with Gasteiger partial charge in [0, 0.05) is 11.9 Å². The molecule has 23 heavy (non-hydrogen) atoms. The summed E-state index contributed by atoms with van der Waals surface area (Å²) in [6.45, 7) is -0.257. The molecule has 2 rings (SSSR count). The molecule has 0 saturated heterocycles. The first kappa shape index (κ1) is 16.5. The molecule has 0 spiro atoms. The van der Waals surface area contributed by atoms with Crippen molar-refractivity contribution < 1.29 is 17.9 Å². The highest BCUT2D eigenvalue weighted by Gasteiger charge is 2.09. The van der Waals surface area contributed by atoms with Crippen LogP contribution in [0.1, 0.15) is 5.56 Å². The van der Waals surface area contributed by atoms with Crippen LogP contribution in [0.2, 0.25) is 0 Å². The normalized spacial score (nSPS) is 10.6. The van der Waals surface area contributed by atoms with Crippen molar-refractivity contribution in [3.63, 3.8) is 0 Å². The van der Waals surface area contributed by atoms with Crippen molar-refractivity contribution in [2.45, 2.75) is 4.90 Å². The number of anilines is 1. The van der Waals surface area contributed by atoms with Crippen molar-refractivity contribution in [1.29, 1.82) is 5.26 Å². The van der Waals surface area contributed by atoms with E-state index in [2.05, 4.69) is 5.32 Å². The second kappa shape index (κ2) is 6.94. The molecule has 0 aliphatic rings. The van der Waals surface area contributed by atoms with Crippen LogP contribution in [0, 0.1) is 11.3 Å². The molecule has 0 aliphatic heterocycles. The summed E-state index contributed by atoms with van der Waals surface area (Å²) in [6.07, 6.45) is 1.11. The van der Waals surface area contributed by atoms with Gasteiger partial charge in [-0.15, -0.1) is 0 Å². The van der Waals surface area contributed by atoms with Gasteiger partial charge in [-0.1, -0.05) is 12.1 Å². The lowest BCUT2D eigenvalue weighted by atomic mass is 10.2. The molecular formula is C16H14N2O4S. The highest BCUT2D eigenvalue weighted by Crippen LogP contribution is 2.17. The third-order valence-corrected chi connectivity index (χ3v) is 4.06. The van der Waals surface area contributed by atoms with Crippen LogP contribution in [0.4, 0.5) is 5.69 Å². The standard InChI is InChI=1S/C16H14N2O4S/c1-23(20,21)14-8-6-13(7-9-14)18-16(19)11-22-15-5-3-2-4-12(15)10-17/h2-9H,11H2,1H3,(H,18,19). The Labute approximate surface area is 134 Å². The average Bonchev–Trinajstić information content (AvgIpc) is 2.53. The van der Waals surface area contributed by atoms with Crippen molar-refractivity contribution in [3.8, 4) is 11.8 Å². The number of nitrogens with zero attached hydrogens (tertiary/aromatic N) is 1. The van der Waals surface area contributed by atoms with Gasteiger partial charge in [-0.3, -0.25) is 4.79 Å². The molecule has 0 bridgehead atoms. The maximum Gasteiger partial charge on any atom is 0.262 e. The molecule has 6 nitrogen and oxygen atoms in total. The first-order valence-corrected chi connectivity index (χ1v) is 8.51. The number of benzene rings is 2. The summed E-state index contributed by atoms with van der Waals surface area (Å²) >= 11 is 0. The predicted molar refractivity (Wildman–Crippen MR) is 84.8 cm³/mol. The molecule has 0 aromatic heterocycles. The van der Waals surface area contributed by atoms with Crippen LogP contribution in [0.25, 0.3) is 0 Å². The van der Waals surface area contributed by atoms with Crippen molar-refractivity contribution in [2.24, 2.45) is 0 Å². The Balaban J connectivity index is 1.96. The topological polar surface area (TPSA) is 96.3 Å². The monoisotopic (exact) mass is 330 g/mol. The van der Waals surface area contributed by atoms with Crippen LogP contribution in [0.3, 0.4) is 0 Å². The highest BCUT2D eigenvalue weighted by molar-refractivity contribution is 7.90. The molecule has 2 aromatic carbocycles. The van der Waals surface area contributed by atoms with Gasteiger partial charge in [0.25, 0.3) is 5.91 Å². The van der Waals surface area contributed by atoms with Crippen molar-refractivity contribution in [3.05, 3.63) is 54.1 Å². The van der Waals surface area contributed by atoms with Crippen LogP contribution >= 0.6 is 0 Å². The van der Waals surface area contributed by atoms with Gasteiger partial charge >= 0.3 is 0 Å². The molecular weight excluding hydrogens is 316 g/mol. The fraction of sp³-hybridized carbons (Fsp3) is 0.125. The second-order valence-electron chi connectivity index (χ2n) is 4.74. The fourth-order valence-electron chi connectivity index (χ4n) is 1.81. The smallest absolute Gasteiger partial charge is 0.262 e. The Morgan fingerprint density at radius 2 is 1.83 bits per heavy atom. The van der Waals surface area contributed by atoms with Gasteiger partial charge in [0.05, 0.1) is 10.5 Å². The SMILES string of the molecule is CS(=O)(=O)c1ccc(NC(=O)COc2ccccc2C#N)cc1. The van der Waals surface area contributed by atoms with Gasteiger partial charge in [0.2, 0.25) is 0 Å². The Kier molecular flexibility index (Phi) is 4.98. The summed E-state index contributed by atoms with van der Waals surface area (Å²) < 4.78 is 28.0. The van der Waals surface area contributed by atoms with Crippen LogP contribution in [-0.4, -0.2) is 27.2 Å². The van der Waals surface area contributed by atoms with Crippen LogP contribution in [-0.2, 0) is 14.6 Å². The number of sulfone groups is 1. The lowest BCUT2D eigenvalue weighted by molar-refractivity contribution is -0.118. The highest BCUT2D eigenvalue weighted by atomic mass is 32.2. The molecule has 0 atom stereocenters. The van der Waals surface area contributed by atoms with E-state index in [1.165, 1.54) is 24.3 Å². The maximum absolute atomic E-state index is 11.8. The quantitative estimate of drug-likeness (QED) is 0.904. The van der Waals surface area contributed by atoms with Gasteiger partial charge in [-0.2, -0.15) is 5.26 Å². The van der Waals surface area contributed by atoms with Gasteiger partial charge in [-0.25, -0.2) is 8.42 Å². The van der Waals surface area contributed by atoms with Crippen LogP contribution < -0.4 is 10.1 Å². The third kappa shape index (κ3) is 4.56. The minimum atomic E-state index is -3.27. The number of para-hydroxylation sites is 1. The van der Waals surface area contributed by atoms with Gasteiger partial charge < -0.3 is 10.1 Å². The summed E-state index contributed by atoms with van der Waals surface area (Å²) in [6, 6.07) is 14.4. The maximum atomic E-state index is 11.8. The van der Waals surface area contributed by atoms with Gasteiger partial charge in [0.15, 0.2) is 16.4 Å². The summed E-state index contributed by atoms with van der Waals surface area (Å²) in [5.74, 6) is -0.0811. The van der Waals surface area contributed by atoms with E-state index in [-0.39, 0.29) is 11.5 Å². The first-order chi connectivity index (χ1) is 10.9. The largest absolute Gasteiger partial charge is 0.482 e. The number of ether oxygens (including phenoxy) is 1. The molecule has 0 unspecified atom stereocenters. The molecule has 0 fully saturated rings. The lowest BCUT2D eigenvalue weighted by Gasteiger charge is -2.09. The molecule has 118 valence electrons. The van der Waals surface area contributed by atoms with E-state index in [0.29, 0.717) is 17.0 Å². The second-order valence-corrected chi connectivity index (χ2v) is 6.76. The number of carbonyl (C=O) groups excluding carboxylic acids is 1. The minimum Gasteiger partial charge on any atom is -0.482 e. The molecule has 1 amide bonds. The minimum absolute atomic E-state index is 0.176. The van der Waals surface area contributed by atoms with E-state index in [4.69, 9.17) is 10.00 Å². The molecule has 0 saturated carbocycles. The van der Waals surface area contributed by atoms with E-state index >= 15 is 0 Å². The summed E-state index contributed by atoms with van der Waals surface area (Å²) in [5.41, 5.74) is 0.803. The van der Waals surface area contributed by atoms with E-state index in [1.807, 2.05) is 6.07 Å². The number of carbonyl (C=O) groups is 1.